The number of benzene rings is 7. The highest BCUT2D eigenvalue weighted by Gasteiger charge is 2.61. The normalized spacial score (nSPS) is 25.6. The average molecular weight is 788 g/mol. The molecule has 1 nitrogen and oxygen atoms in total. The van der Waals surface area contributed by atoms with Crippen LogP contribution in [0.4, 0.5) is 17.1 Å². The summed E-state index contributed by atoms with van der Waals surface area (Å²) in [5, 5.41) is 0. The van der Waals surface area contributed by atoms with Crippen LogP contribution in [-0.2, 0) is 16.2 Å². The molecule has 4 bridgehead atoms. The number of nitrogens with zero attached hydrogens (tertiary/aromatic N) is 1. The molecule has 5 fully saturated rings. The maximum absolute atomic E-state index is 2.59. The van der Waals surface area contributed by atoms with Crippen LogP contribution >= 0.6 is 0 Å². The second-order valence-electron chi connectivity index (χ2n) is 20.8. The fourth-order valence-electron chi connectivity index (χ4n) is 15.5. The Bertz CT molecular complexity index is 2940. The van der Waals surface area contributed by atoms with E-state index in [2.05, 4.69) is 170 Å². The van der Waals surface area contributed by atoms with E-state index in [9.17, 15) is 0 Å². The molecule has 0 unspecified atom stereocenters. The fourth-order valence-corrected chi connectivity index (χ4v) is 15.5. The van der Waals surface area contributed by atoms with Gasteiger partial charge in [0.2, 0.25) is 0 Å². The van der Waals surface area contributed by atoms with Crippen molar-refractivity contribution in [1.29, 1.82) is 0 Å². The first-order chi connectivity index (χ1) is 29.9. The molecule has 5 saturated carbocycles. The van der Waals surface area contributed by atoms with E-state index < -0.39 is 0 Å². The summed E-state index contributed by atoms with van der Waals surface area (Å²) in [5.74, 6) is 3.41. The van der Waals surface area contributed by atoms with Crippen molar-refractivity contribution in [2.24, 2.45) is 23.7 Å². The third-order valence-electron chi connectivity index (χ3n) is 17.8. The summed E-state index contributed by atoms with van der Waals surface area (Å²) >= 11 is 0. The molecular weight excluding hydrogens is 735 g/mol. The fraction of sp³-hybridized carbons (Fsp3) is 0.300. The van der Waals surface area contributed by atoms with Gasteiger partial charge in [-0.05, 0) is 189 Å². The van der Waals surface area contributed by atoms with Gasteiger partial charge in [-0.15, -0.1) is 0 Å². The maximum Gasteiger partial charge on any atom is 0.0468 e. The van der Waals surface area contributed by atoms with Crippen LogP contribution in [0.1, 0.15) is 105 Å². The summed E-state index contributed by atoms with van der Waals surface area (Å²) < 4.78 is 0. The van der Waals surface area contributed by atoms with Crippen LogP contribution in [0.15, 0.2) is 152 Å². The third-order valence-corrected chi connectivity index (χ3v) is 17.8. The minimum Gasteiger partial charge on any atom is -0.310 e. The molecule has 0 radical (unpaired) electrons. The van der Waals surface area contributed by atoms with Gasteiger partial charge in [0.15, 0.2) is 0 Å². The smallest absolute Gasteiger partial charge is 0.0468 e. The number of hydrogen-bond acceptors (Lipinski definition) is 1. The van der Waals surface area contributed by atoms with E-state index >= 15 is 0 Å². The van der Waals surface area contributed by atoms with Crippen molar-refractivity contribution < 1.29 is 0 Å². The summed E-state index contributed by atoms with van der Waals surface area (Å²) in [7, 11) is 0. The highest BCUT2D eigenvalue weighted by Crippen LogP contribution is 2.70. The second kappa shape index (κ2) is 12.3. The van der Waals surface area contributed by atoms with E-state index in [1.807, 2.05) is 0 Å². The van der Waals surface area contributed by atoms with Gasteiger partial charge < -0.3 is 4.90 Å². The predicted octanol–water partition coefficient (Wildman–Crippen LogP) is 15.7. The molecule has 0 N–H and O–H groups in total. The molecule has 0 saturated heterocycles. The van der Waals surface area contributed by atoms with Crippen molar-refractivity contribution in [3.8, 4) is 44.5 Å². The van der Waals surface area contributed by atoms with E-state index in [1.165, 1.54) is 130 Å². The number of rotatable bonds is 4. The molecule has 0 heterocycles. The van der Waals surface area contributed by atoms with Gasteiger partial charge in [0.25, 0.3) is 0 Å². The minimum absolute atomic E-state index is 0.0244. The van der Waals surface area contributed by atoms with Gasteiger partial charge in [-0.2, -0.15) is 0 Å². The van der Waals surface area contributed by atoms with Crippen molar-refractivity contribution in [2.45, 2.75) is 87.9 Å². The van der Waals surface area contributed by atoms with E-state index in [0.717, 1.165) is 23.7 Å². The Kier molecular flexibility index (Phi) is 7.03. The van der Waals surface area contributed by atoms with E-state index in [1.54, 1.807) is 22.3 Å². The quantitative estimate of drug-likeness (QED) is 0.172. The Balaban J connectivity index is 0.920. The minimum atomic E-state index is -0.0244. The molecule has 0 amide bonds. The molecule has 0 aromatic heterocycles. The van der Waals surface area contributed by atoms with E-state index in [4.69, 9.17) is 0 Å². The zero-order chi connectivity index (χ0) is 40.2. The molecular formula is C60H53N. The summed E-state index contributed by atoms with van der Waals surface area (Å²) in [5.41, 5.74) is 24.3. The van der Waals surface area contributed by atoms with Gasteiger partial charge in [0, 0.05) is 33.3 Å². The SMILES string of the molecule is CC1(C)c2ccccc2-c2ccc(-c3ccc(N(c4ccc5c(c4)-c4ccccc4C54CCCC4)c4ccc5c(c4)-c4ccccc4C54C5CC6CC(C5)CC4C6)cc3)cc21. The van der Waals surface area contributed by atoms with Gasteiger partial charge in [-0.25, -0.2) is 0 Å². The predicted molar refractivity (Wildman–Crippen MR) is 252 cm³/mol. The lowest BCUT2D eigenvalue weighted by atomic mass is 9.43. The highest BCUT2D eigenvalue weighted by molar-refractivity contribution is 5.91. The molecule has 0 aliphatic heterocycles. The topological polar surface area (TPSA) is 3.24 Å². The first-order valence-corrected chi connectivity index (χ1v) is 23.6. The molecule has 298 valence electrons. The Morgan fingerprint density at radius 3 is 1.54 bits per heavy atom. The van der Waals surface area contributed by atoms with Crippen LogP contribution in [0.3, 0.4) is 0 Å². The Morgan fingerprint density at radius 1 is 0.393 bits per heavy atom. The number of fused-ring (bicyclic) bond motifs is 11. The second-order valence-corrected chi connectivity index (χ2v) is 20.8. The van der Waals surface area contributed by atoms with Crippen LogP contribution in [0.5, 0.6) is 0 Å². The molecule has 1 heteroatoms. The monoisotopic (exact) mass is 787 g/mol. The highest BCUT2D eigenvalue weighted by atomic mass is 15.1. The molecule has 61 heavy (non-hydrogen) atoms. The lowest BCUT2D eigenvalue weighted by Crippen LogP contribution is -2.55. The maximum atomic E-state index is 2.59. The van der Waals surface area contributed by atoms with Gasteiger partial charge in [0.1, 0.15) is 0 Å². The first-order valence-electron chi connectivity index (χ1n) is 23.6. The Hall–Kier alpha value is -5.66. The standard InChI is InChI=1S/C60H53N/c1-58(2)52-14-6-3-11-46(52)49-24-19-40(34-57(49)58)39-17-20-43(21-18-39)61(44-22-25-54-50(35-44)47-12-4-7-15-53(47)59(54)27-9-10-28-59)45-23-26-56-51(36-45)48-13-5-8-16-55(48)60(56)41-30-37-29-38(32-41)33-42(60)31-37/h3-8,11-26,34-38,41-42H,9-10,27-33H2,1-2H3. The van der Waals surface area contributed by atoms with E-state index in [0.29, 0.717) is 0 Å². The number of hydrogen-bond donors (Lipinski definition) is 0. The van der Waals surface area contributed by atoms with Gasteiger partial charge in [-0.1, -0.05) is 136 Å². The van der Waals surface area contributed by atoms with Crippen molar-refractivity contribution in [1.82, 2.24) is 0 Å². The van der Waals surface area contributed by atoms with Crippen LogP contribution in [0.2, 0.25) is 0 Å². The molecule has 8 aliphatic carbocycles. The zero-order valence-corrected chi connectivity index (χ0v) is 35.6. The van der Waals surface area contributed by atoms with Gasteiger partial charge in [-0.3, -0.25) is 0 Å². The van der Waals surface area contributed by atoms with Crippen molar-refractivity contribution >= 4 is 17.1 Å². The first kappa shape index (κ1) is 35.0. The van der Waals surface area contributed by atoms with E-state index in [-0.39, 0.29) is 16.2 Å². The lowest BCUT2D eigenvalue weighted by Gasteiger charge is -2.61. The van der Waals surface area contributed by atoms with Crippen molar-refractivity contribution in [3.63, 3.8) is 0 Å². The van der Waals surface area contributed by atoms with Crippen molar-refractivity contribution in [3.05, 3.63) is 185 Å². The van der Waals surface area contributed by atoms with Gasteiger partial charge in [0.05, 0.1) is 0 Å². The van der Waals surface area contributed by atoms with Crippen LogP contribution in [-0.4, -0.2) is 0 Å². The summed E-state index contributed by atoms with van der Waals surface area (Å²) in [4.78, 5) is 2.57. The van der Waals surface area contributed by atoms with Crippen LogP contribution in [0, 0.1) is 23.7 Å². The average Bonchev–Trinajstić information content (AvgIpc) is 4.03. The van der Waals surface area contributed by atoms with Crippen LogP contribution < -0.4 is 4.90 Å². The van der Waals surface area contributed by atoms with Crippen LogP contribution in [0.25, 0.3) is 44.5 Å². The molecule has 2 spiro atoms. The molecule has 0 atom stereocenters. The van der Waals surface area contributed by atoms with Gasteiger partial charge >= 0.3 is 0 Å². The zero-order valence-electron chi connectivity index (χ0n) is 35.6. The number of anilines is 3. The summed E-state index contributed by atoms with van der Waals surface area (Å²) in [6.45, 7) is 4.76. The van der Waals surface area contributed by atoms with Crippen molar-refractivity contribution in [2.75, 3.05) is 4.90 Å². The largest absolute Gasteiger partial charge is 0.310 e. The summed E-state index contributed by atoms with van der Waals surface area (Å²) in [6.07, 6.45) is 12.2. The molecule has 15 rings (SSSR count). The molecule has 7 aromatic carbocycles. The lowest BCUT2D eigenvalue weighted by molar-refractivity contribution is -0.0399. The third kappa shape index (κ3) is 4.53. The Morgan fingerprint density at radius 2 is 0.869 bits per heavy atom. The molecule has 7 aromatic rings. The Labute approximate surface area is 361 Å². The summed E-state index contributed by atoms with van der Waals surface area (Å²) in [6, 6.07) is 59.6. The molecule has 8 aliphatic rings.